The molecule has 1 saturated heterocycles. The van der Waals surface area contributed by atoms with Crippen molar-refractivity contribution < 1.29 is 19.2 Å². The number of hydrogen-bond acceptors (Lipinski definition) is 5. The molecule has 1 aliphatic carbocycles. The Morgan fingerprint density at radius 3 is 2.39 bits per heavy atom. The number of benzene rings is 2. The van der Waals surface area contributed by atoms with Gasteiger partial charge in [-0.25, -0.2) is 0 Å². The van der Waals surface area contributed by atoms with Crippen LogP contribution >= 0.6 is 0 Å². The number of fused-ring (bicyclic) bond motifs is 1. The van der Waals surface area contributed by atoms with Gasteiger partial charge in [0.25, 0.3) is 11.8 Å². The summed E-state index contributed by atoms with van der Waals surface area (Å²) in [4.78, 5) is 53.6. The molecule has 2 aliphatic heterocycles. The van der Waals surface area contributed by atoms with E-state index in [9.17, 15) is 19.2 Å². The molecule has 0 aromatic heterocycles. The summed E-state index contributed by atoms with van der Waals surface area (Å²) in [5.74, 6) is -1.32. The van der Waals surface area contributed by atoms with Gasteiger partial charge in [0.2, 0.25) is 11.8 Å². The van der Waals surface area contributed by atoms with Crippen LogP contribution in [0.2, 0.25) is 0 Å². The van der Waals surface area contributed by atoms with Crippen molar-refractivity contribution in [1.29, 1.82) is 0 Å². The van der Waals surface area contributed by atoms with Crippen LogP contribution in [-0.2, 0) is 16.1 Å². The number of rotatable bonds is 6. The van der Waals surface area contributed by atoms with E-state index in [1.54, 1.807) is 12.1 Å². The maximum atomic E-state index is 13.4. The lowest BCUT2D eigenvalue weighted by Crippen LogP contribution is -2.54. The summed E-state index contributed by atoms with van der Waals surface area (Å²) in [6.45, 7) is 1.44. The summed E-state index contributed by atoms with van der Waals surface area (Å²) in [6.07, 6.45) is 2.59. The van der Waals surface area contributed by atoms with E-state index in [1.165, 1.54) is 0 Å². The molecule has 0 spiro atoms. The zero-order valence-corrected chi connectivity index (χ0v) is 17.0. The minimum absolute atomic E-state index is 0.110. The van der Waals surface area contributed by atoms with E-state index in [0.29, 0.717) is 23.6 Å². The molecule has 158 valence electrons. The Morgan fingerprint density at radius 2 is 1.68 bits per heavy atom. The molecule has 3 aliphatic rings. The molecule has 4 amide bonds. The second-order valence-corrected chi connectivity index (χ2v) is 8.46. The summed E-state index contributed by atoms with van der Waals surface area (Å²) in [5.41, 5.74) is 2.52. The molecule has 31 heavy (non-hydrogen) atoms. The third kappa shape index (κ3) is 3.60. The first-order valence-electron chi connectivity index (χ1n) is 10.7. The molecule has 2 aromatic rings. The van der Waals surface area contributed by atoms with E-state index in [4.69, 9.17) is 0 Å². The maximum absolute atomic E-state index is 13.4. The third-order valence-corrected chi connectivity index (χ3v) is 6.18. The van der Waals surface area contributed by atoms with Crippen LogP contribution in [0.1, 0.15) is 52.0 Å². The van der Waals surface area contributed by atoms with E-state index >= 15 is 0 Å². The van der Waals surface area contributed by atoms with Crippen molar-refractivity contribution in [3.8, 4) is 0 Å². The highest BCUT2D eigenvalue weighted by molar-refractivity contribution is 6.25. The Kier molecular flexibility index (Phi) is 4.81. The van der Waals surface area contributed by atoms with Crippen molar-refractivity contribution in [2.45, 2.75) is 38.3 Å². The third-order valence-electron chi connectivity index (χ3n) is 6.18. The van der Waals surface area contributed by atoms with E-state index in [1.807, 2.05) is 36.4 Å². The SMILES string of the molecule is O=C1CCC(N2C(=O)c3cccc(N(Cc4ccccc4)CC4CC4)c3C2=O)C(=O)N1. The van der Waals surface area contributed by atoms with Crippen molar-refractivity contribution in [2.75, 3.05) is 11.4 Å². The second kappa shape index (κ2) is 7.65. The Balaban J connectivity index is 1.50. The number of carbonyl (C=O) groups excluding carboxylic acids is 4. The number of carbonyl (C=O) groups is 4. The summed E-state index contributed by atoms with van der Waals surface area (Å²) >= 11 is 0. The number of hydrogen-bond donors (Lipinski definition) is 1. The van der Waals surface area contributed by atoms with Gasteiger partial charge in [-0.3, -0.25) is 29.4 Å². The van der Waals surface area contributed by atoms with Crippen molar-refractivity contribution in [1.82, 2.24) is 10.2 Å². The van der Waals surface area contributed by atoms with Gasteiger partial charge in [-0.2, -0.15) is 0 Å². The average molecular weight is 417 g/mol. The molecular weight excluding hydrogens is 394 g/mol. The highest BCUT2D eigenvalue weighted by Gasteiger charge is 2.46. The molecule has 1 N–H and O–H groups in total. The lowest BCUT2D eigenvalue weighted by Gasteiger charge is -2.29. The maximum Gasteiger partial charge on any atom is 0.264 e. The van der Waals surface area contributed by atoms with Gasteiger partial charge in [0.15, 0.2) is 0 Å². The molecule has 2 aromatic carbocycles. The zero-order valence-electron chi connectivity index (χ0n) is 17.0. The number of piperidine rings is 1. The lowest BCUT2D eigenvalue weighted by atomic mass is 10.0. The smallest absolute Gasteiger partial charge is 0.264 e. The molecule has 5 rings (SSSR count). The van der Waals surface area contributed by atoms with Crippen LogP contribution in [0, 0.1) is 5.92 Å². The van der Waals surface area contributed by atoms with Crippen LogP contribution in [0.4, 0.5) is 5.69 Å². The summed E-state index contributed by atoms with van der Waals surface area (Å²) < 4.78 is 0. The molecule has 2 heterocycles. The predicted octanol–water partition coefficient (Wildman–Crippen LogP) is 2.50. The van der Waals surface area contributed by atoms with Crippen molar-refractivity contribution in [2.24, 2.45) is 5.92 Å². The molecule has 1 unspecified atom stereocenters. The van der Waals surface area contributed by atoms with Gasteiger partial charge >= 0.3 is 0 Å². The van der Waals surface area contributed by atoms with Crippen LogP contribution in [0.3, 0.4) is 0 Å². The molecule has 1 saturated carbocycles. The topological polar surface area (TPSA) is 86.8 Å². The second-order valence-electron chi connectivity index (χ2n) is 8.46. The van der Waals surface area contributed by atoms with E-state index in [-0.39, 0.29) is 18.7 Å². The largest absolute Gasteiger partial charge is 0.366 e. The number of nitrogens with zero attached hydrogens (tertiary/aromatic N) is 2. The van der Waals surface area contributed by atoms with Crippen LogP contribution in [-0.4, -0.2) is 41.1 Å². The summed E-state index contributed by atoms with van der Waals surface area (Å²) in [7, 11) is 0. The monoisotopic (exact) mass is 417 g/mol. The molecule has 0 bridgehead atoms. The van der Waals surface area contributed by atoms with E-state index < -0.39 is 23.8 Å². The molecule has 7 nitrogen and oxygen atoms in total. The van der Waals surface area contributed by atoms with Gasteiger partial charge in [-0.05, 0) is 42.9 Å². The highest BCUT2D eigenvalue weighted by Crippen LogP contribution is 2.37. The fraction of sp³-hybridized carbons (Fsp3) is 0.333. The van der Waals surface area contributed by atoms with Gasteiger partial charge in [-0.1, -0.05) is 36.4 Å². The molecule has 1 atom stereocenters. The van der Waals surface area contributed by atoms with Crippen molar-refractivity contribution >= 4 is 29.3 Å². The van der Waals surface area contributed by atoms with Crippen molar-refractivity contribution in [3.05, 3.63) is 65.2 Å². The van der Waals surface area contributed by atoms with E-state index in [0.717, 1.165) is 35.5 Å². The molecular formula is C24H23N3O4. The quantitative estimate of drug-likeness (QED) is 0.730. The van der Waals surface area contributed by atoms with Crippen LogP contribution in [0.25, 0.3) is 0 Å². The van der Waals surface area contributed by atoms with Gasteiger partial charge < -0.3 is 4.90 Å². The Labute approximate surface area is 180 Å². The fourth-order valence-electron chi connectivity index (χ4n) is 4.42. The Hall–Kier alpha value is -3.48. The van der Waals surface area contributed by atoms with Crippen LogP contribution in [0.15, 0.2) is 48.5 Å². The first kappa shape index (κ1) is 19.5. The number of anilines is 1. The Bertz CT molecular complexity index is 1080. The van der Waals surface area contributed by atoms with Crippen LogP contribution < -0.4 is 10.2 Å². The van der Waals surface area contributed by atoms with Gasteiger partial charge in [-0.15, -0.1) is 0 Å². The number of nitrogens with one attached hydrogen (secondary N) is 1. The number of amides is 4. The predicted molar refractivity (Wildman–Crippen MR) is 113 cm³/mol. The first-order chi connectivity index (χ1) is 15.0. The zero-order chi connectivity index (χ0) is 21.5. The average Bonchev–Trinajstić information content (AvgIpc) is 3.55. The minimum atomic E-state index is -0.955. The normalized spacial score (nSPS) is 20.6. The molecule has 2 fully saturated rings. The lowest BCUT2D eigenvalue weighted by molar-refractivity contribution is -0.136. The van der Waals surface area contributed by atoms with Crippen LogP contribution in [0.5, 0.6) is 0 Å². The first-order valence-corrected chi connectivity index (χ1v) is 10.7. The number of imide groups is 2. The van der Waals surface area contributed by atoms with E-state index in [2.05, 4.69) is 10.2 Å². The highest BCUT2D eigenvalue weighted by atomic mass is 16.2. The van der Waals surface area contributed by atoms with Gasteiger partial charge in [0, 0.05) is 19.5 Å². The van der Waals surface area contributed by atoms with Gasteiger partial charge in [0.05, 0.1) is 16.8 Å². The standard InChI is InChI=1S/C24H23N3O4/c28-20-12-11-19(22(29)25-20)27-23(30)17-7-4-8-18(21(17)24(27)31)26(14-16-9-10-16)13-15-5-2-1-3-6-15/h1-8,16,19H,9-14H2,(H,25,28,29). The molecule has 0 radical (unpaired) electrons. The summed E-state index contributed by atoms with van der Waals surface area (Å²) in [5, 5.41) is 2.24. The fourth-order valence-corrected chi connectivity index (χ4v) is 4.42. The van der Waals surface area contributed by atoms with Gasteiger partial charge in [0.1, 0.15) is 6.04 Å². The summed E-state index contributed by atoms with van der Waals surface area (Å²) in [6, 6.07) is 14.4. The van der Waals surface area contributed by atoms with Crippen molar-refractivity contribution in [3.63, 3.8) is 0 Å². The molecule has 7 heteroatoms. The Morgan fingerprint density at radius 1 is 0.903 bits per heavy atom. The minimum Gasteiger partial charge on any atom is -0.366 e.